The number of carbonyl (C=O) groups is 1. The van der Waals surface area contributed by atoms with Gasteiger partial charge in [-0.15, -0.1) is 0 Å². The number of benzene rings is 2. The Morgan fingerprint density at radius 1 is 1.23 bits per heavy atom. The van der Waals surface area contributed by atoms with Crippen LogP contribution in [-0.2, 0) is 18.4 Å². The summed E-state index contributed by atoms with van der Waals surface area (Å²) in [7, 11) is 1.82. The van der Waals surface area contributed by atoms with Crippen molar-refractivity contribution in [3.63, 3.8) is 0 Å². The van der Waals surface area contributed by atoms with Gasteiger partial charge in [0.15, 0.2) is 5.58 Å². The van der Waals surface area contributed by atoms with Crippen molar-refractivity contribution in [2.24, 2.45) is 7.05 Å². The molecule has 0 saturated carbocycles. The largest absolute Gasteiger partial charge is 0.419 e. The van der Waals surface area contributed by atoms with E-state index < -0.39 is 11.8 Å². The van der Waals surface area contributed by atoms with Gasteiger partial charge >= 0.3 is 5.76 Å². The first-order valence-electron chi connectivity index (χ1n) is 9.63. The quantitative estimate of drug-likeness (QED) is 0.509. The number of oxazole rings is 1. The summed E-state index contributed by atoms with van der Waals surface area (Å²) in [6.07, 6.45) is 4.04. The van der Waals surface area contributed by atoms with Crippen molar-refractivity contribution in [2.75, 3.05) is 0 Å². The average Bonchev–Trinajstić information content (AvgIpc) is 3.29. The van der Waals surface area contributed by atoms with Crippen LogP contribution in [0, 0.1) is 5.82 Å². The molecule has 30 heavy (non-hydrogen) atoms. The lowest BCUT2D eigenvalue weighted by Crippen LogP contribution is -2.31. The molecule has 154 valence electrons. The normalized spacial score (nSPS) is 12.2. The molecular formula is C22H21FN4O3. The van der Waals surface area contributed by atoms with E-state index in [1.807, 2.05) is 13.1 Å². The number of rotatable bonds is 7. The molecule has 8 heteroatoms. The van der Waals surface area contributed by atoms with Gasteiger partial charge in [0.1, 0.15) is 17.7 Å². The van der Waals surface area contributed by atoms with E-state index in [-0.39, 0.29) is 18.1 Å². The van der Waals surface area contributed by atoms with Crippen molar-refractivity contribution in [1.82, 2.24) is 19.4 Å². The van der Waals surface area contributed by atoms with Crippen LogP contribution in [0.4, 0.5) is 4.39 Å². The van der Waals surface area contributed by atoms with E-state index in [9.17, 15) is 14.0 Å². The summed E-state index contributed by atoms with van der Waals surface area (Å²) in [5.41, 5.74) is 1.83. The van der Waals surface area contributed by atoms with E-state index in [1.54, 1.807) is 47.3 Å². The van der Waals surface area contributed by atoms with Crippen LogP contribution < -0.4 is 11.1 Å². The summed E-state index contributed by atoms with van der Waals surface area (Å²) in [5, 5.41) is 2.94. The molecule has 7 nitrogen and oxygen atoms in total. The minimum absolute atomic E-state index is 0.197. The number of aromatic nitrogens is 3. The molecule has 1 amide bonds. The number of fused-ring (bicyclic) bond motifs is 1. The molecule has 0 bridgehead atoms. The number of carbonyl (C=O) groups excluding carboxylic acids is 1. The highest BCUT2D eigenvalue weighted by Gasteiger charge is 2.21. The predicted octanol–water partition coefficient (Wildman–Crippen LogP) is 3.15. The first-order valence-corrected chi connectivity index (χ1v) is 9.63. The standard InChI is InChI=1S/C22H21FN4O3/c1-26-13-11-24-21(26)20(15-6-4-7-16(23)14-15)25-19(28)10-5-12-27-17-8-2-3-9-18(17)30-22(27)29/h2-4,6-9,11,13-14,20H,5,10,12H2,1H3,(H,25,28). The summed E-state index contributed by atoms with van der Waals surface area (Å²) >= 11 is 0. The molecule has 0 radical (unpaired) electrons. The maximum atomic E-state index is 13.8. The highest BCUT2D eigenvalue weighted by molar-refractivity contribution is 5.77. The first kappa shape index (κ1) is 19.6. The number of nitrogens with one attached hydrogen (secondary N) is 1. The lowest BCUT2D eigenvalue weighted by atomic mass is 10.1. The van der Waals surface area contributed by atoms with E-state index in [2.05, 4.69) is 10.3 Å². The molecular weight excluding hydrogens is 387 g/mol. The Morgan fingerprint density at radius 2 is 2.07 bits per heavy atom. The fourth-order valence-corrected chi connectivity index (χ4v) is 3.50. The zero-order valence-corrected chi connectivity index (χ0v) is 16.4. The van der Waals surface area contributed by atoms with E-state index in [0.717, 1.165) is 0 Å². The molecule has 0 aliphatic carbocycles. The molecule has 1 N–H and O–H groups in total. The van der Waals surface area contributed by atoms with E-state index >= 15 is 0 Å². The molecule has 0 saturated heterocycles. The molecule has 0 fully saturated rings. The molecule has 0 aliphatic heterocycles. The van der Waals surface area contributed by atoms with E-state index in [1.165, 1.54) is 16.7 Å². The molecule has 0 aliphatic rings. The lowest BCUT2D eigenvalue weighted by Gasteiger charge is -2.19. The Labute approximate surface area is 171 Å². The summed E-state index contributed by atoms with van der Waals surface area (Å²) in [4.78, 5) is 29.0. The third kappa shape index (κ3) is 4.03. The van der Waals surface area contributed by atoms with Crippen LogP contribution in [0.2, 0.25) is 0 Å². The number of aryl methyl sites for hydroxylation is 2. The summed E-state index contributed by atoms with van der Waals surface area (Å²) in [6, 6.07) is 12.7. The van der Waals surface area contributed by atoms with Gasteiger partial charge in [-0.1, -0.05) is 24.3 Å². The Morgan fingerprint density at radius 3 is 2.83 bits per heavy atom. The van der Waals surface area contributed by atoms with Crippen molar-refractivity contribution in [2.45, 2.75) is 25.4 Å². The van der Waals surface area contributed by atoms with Crippen LogP contribution in [0.25, 0.3) is 11.1 Å². The summed E-state index contributed by atoms with van der Waals surface area (Å²) in [5.74, 6) is -0.437. The first-order chi connectivity index (χ1) is 14.5. The second-order valence-electron chi connectivity index (χ2n) is 7.04. The predicted molar refractivity (Wildman–Crippen MR) is 109 cm³/mol. The molecule has 2 heterocycles. The molecule has 2 aromatic carbocycles. The van der Waals surface area contributed by atoms with Gasteiger partial charge in [-0.2, -0.15) is 0 Å². The molecule has 4 rings (SSSR count). The molecule has 4 aromatic rings. The van der Waals surface area contributed by atoms with Crippen molar-refractivity contribution < 1.29 is 13.6 Å². The van der Waals surface area contributed by atoms with Crippen LogP contribution in [-0.4, -0.2) is 20.0 Å². The van der Waals surface area contributed by atoms with Gasteiger partial charge in [0, 0.05) is 32.4 Å². The zero-order valence-electron chi connectivity index (χ0n) is 16.4. The Bertz CT molecular complexity index is 1240. The van der Waals surface area contributed by atoms with Crippen molar-refractivity contribution in [1.29, 1.82) is 0 Å². The Kier molecular flexibility index (Phi) is 5.47. The smallest absolute Gasteiger partial charge is 0.408 e. The lowest BCUT2D eigenvalue weighted by molar-refractivity contribution is -0.121. The number of para-hydroxylation sites is 2. The Balaban J connectivity index is 1.46. The number of amides is 1. The highest BCUT2D eigenvalue weighted by Crippen LogP contribution is 2.21. The number of nitrogens with zero attached hydrogens (tertiary/aromatic N) is 3. The minimum Gasteiger partial charge on any atom is -0.408 e. The van der Waals surface area contributed by atoms with Gasteiger partial charge in [0.2, 0.25) is 5.91 Å². The number of imidazole rings is 1. The number of hydrogen-bond donors (Lipinski definition) is 1. The zero-order chi connectivity index (χ0) is 21.1. The molecule has 2 aromatic heterocycles. The highest BCUT2D eigenvalue weighted by atomic mass is 19.1. The topological polar surface area (TPSA) is 82.1 Å². The summed E-state index contributed by atoms with van der Waals surface area (Å²) in [6.45, 7) is 0.357. The Hall–Kier alpha value is -3.68. The second kappa shape index (κ2) is 8.36. The molecule has 0 spiro atoms. The van der Waals surface area contributed by atoms with Crippen molar-refractivity contribution in [3.8, 4) is 0 Å². The number of halogens is 1. The van der Waals surface area contributed by atoms with E-state index in [0.29, 0.717) is 35.5 Å². The van der Waals surface area contributed by atoms with E-state index in [4.69, 9.17) is 4.42 Å². The third-order valence-corrected chi connectivity index (χ3v) is 4.96. The fourth-order valence-electron chi connectivity index (χ4n) is 3.50. The van der Waals surface area contributed by atoms with Gasteiger partial charge < -0.3 is 14.3 Å². The van der Waals surface area contributed by atoms with Gasteiger partial charge in [-0.25, -0.2) is 14.2 Å². The fraction of sp³-hybridized carbons (Fsp3) is 0.227. The molecule has 1 unspecified atom stereocenters. The monoisotopic (exact) mass is 408 g/mol. The van der Waals surface area contributed by atoms with Crippen LogP contribution in [0.5, 0.6) is 0 Å². The third-order valence-electron chi connectivity index (χ3n) is 4.96. The molecule has 1 atom stereocenters. The van der Waals surface area contributed by atoms with Crippen LogP contribution in [0.1, 0.15) is 30.3 Å². The van der Waals surface area contributed by atoms with Crippen LogP contribution in [0.3, 0.4) is 0 Å². The van der Waals surface area contributed by atoms with Crippen LogP contribution >= 0.6 is 0 Å². The maximum absolute atomic E-state index is 13.8. The van der Waals surface area contributed by atoms with Crippen molar-refractivity contribution >= 4 is 17.0 Å². The maximum Gasteiger partial charge on any atom is 0.419 e. The van der Waals surface area contributed by atoms with Gasteiger partial charge in [0.05, 0.1) is 5.52 Å². The van der Waals surface area contributed by atoms with Crippen LogP contribution in [0.15, 0.2) is 70.1 Å². The van der Waals surface area contributed by atoms with Crippen molar-refractivity contribution in [3.05, 3.63) is 88.7 Å². The van der Waals surface area contributed by atoms with Gasteiger partial charge in [-0.05, 0) is 36.2 Å². The number of hydrogen-bond acceptors (Lipinski definition) is 4. The minimum atomic E-state index is -0.578. The van der Waals surface area contributed by atoms with Gasteiger partial charge in [-0.3, -0.25) is 9.36 Å². The average molecular weight is 408 g/mol. The summed E-state index contributed by atoms with van der Waals surface area (Å²) < 4.78 is 22.3. The second-order valence-corrected chi connectivity index (χ2v) is 7.04. The SMILES string of the molecule is Cn1ccnc1C(NC(=O)CCCn1c(=O)oc2ccccc21)c1cccc(F)c1. The van der Waals surface area contributed by atoms with Gasteiger partial charge in [0.25, 0.3) is 0 Å².